The zero-order chi connectivity index (χ0) is 16.9. The molecule has 4 heteroatoms. The molecule has 4 bridgehead atoms. The summed E-state index contributed by atoms with van der Waals surface area (Å²) < 4.78 is 11.2. The van der Waals surface area contributed by atoms with Crippen molar-refractivity contribution in [3.63, 3.8) is 0 Å². The van der Waals surface area contributed by atoms with Crippen molar-refractivity contribution in [3.05, 3.63) is 47.5 Å². The molecule has 24 heavy (non-hydrogen) atoms. The maximum absolute atomic E-state index is 12.0. The molecule has 0 fully saturated rings. The summed E-state index contributed by atoms with van der Waals surface area (Å²) in [4.78, 5) is 12.0. The molecule has 1 N–H and O–H groups in total. The summed E-state index contributed by atoms with van der Waals surface area (Å²) in [7, 11) is 1.58. The Labute approximate surface area is 142 Å². The van der Waals surface area contributed by atoms with Crippen molar-refractivity contribution in [1.29, 1.82) is 0 Å². The van der Waals surface area contributed by atoms with Gasteiger partial charge in [-0.25, -0.2) is 0 Å². The number of benzene rings is 2. The third-order valence-corrected chi connectivity index (χ3v) is 4.33. The Hall–Kier alpha value is -2.49. The number of aromatic hydroxyl groups is 1. The Balaban J connectivity index is 1.97. The largest absolute Gasteiger partial charge is 0.504 e. The SMILES string of the molecule is COc1ccc2cc1Oc1ccc(cc1O)CCCCC(=O)CC2. The highest BCUT2D eigenvalue weighted by molar-refractivity contribution is 5.78. The van der Waals surface area contributed by atoms with Gasteiger partial charge in [-0.15, -0.1) is 0 Å². The van der Waals surface area contributed by atoms with Crippen molar-refractivity contribution >= 4 is 5.78 Å². The maximum atomic E-state index is 12.0. The van der Waals surface area contributed by atoms with Crippen LogP contribution in [0.1, 0.15) is 36.8 Å². The molecule has 2 heterocycles. The first-order valence-corrected chi connectivity index (χ1v) is 8.34. The highest BCUT2D eigenvalue weighted by atomic mass is 16.5. The highest BCUT2D eigenvalue weighted by Crippen LogP contribution is 2.37. The third-order valence-electron chi connectivity index (χ3n) is 4.33. The molecular weight excluding hydrogens is 304 g/mol. The molecule has 0 spiro atoms. The van der Waals surface area contributed by atoms with E-state index in [-0.39, 0.29) is 5.75 Å². The number of rotatable bonds is 1. The number of hydrogen-bond acceptors (Lipinski definition) is 4. The fourth-order valence-electron chi connectivity index (χ4n) is 2.94. The number of aryl methyl sites for hydroxylation is 2. The normalized spacial score (nSPS) is 15.3. The van der Waals surface area contributed by atoms with Crippen molar-refractivity contribution in [1.82, 2.24) is 0 Å². The first-order valence-electron chi connectivity index (χ1n) is 8.34. The van der Waals surface area contributed by atoms with Gasteiger partial charge < -0.3 is 14.6 Å². The summed E-state index contributed by atoms with van der Waals surface area (Å²) in [5, 5.41) is 10.2. The Morgan fingerprint density at radius 2 is 1.67 bits per heavy atom. The fraction of sp³-hybridized carbons (Fsp3) is 0.350. The molecule has 0 amide bonds. The van der Waals surface area contributed by atoms with E-state index in [4.69, 9.17) is 9.47 Å². The highest BCUT2D eigenvalue weighted by Gasteiger charge is 2.12. The lowest BCUT2D eigenvalue weighted by Gasteiger charge is -2.13. The zero-order valence-corrected chi connectivity index (χ0v) is 13.9. The predicted octanol–water partition coefficient (Wildman–Crippen LogP) is 4.42. The molecule has 2 aliphatic rings. The Kier molecular flexibility index (Phi) is 5.04. The van der Waals surface area contributed by atoms with Gasteiger partial charge in [0, 0.05) is 12.8 Å². The molecule has 126 valence electrons. The molecule has 2 aromatic carbocycles. The number of hydrogen-bond donors (Lipinski definition) is 1. The zero-order valence-electron chi connectivity index (χ0n) is 13.9. The minimum absolute atomic E-state index is 0.117. The van der Waals surface area contributed by atoms with Gasteiger partial charge in [0.25, 0.3) is 0 Å². The molecule has 0 saturated heterocycles. The van der Waals surface area contributed by atoms with Gasteiger partial charge in [-0.1, -0.05) is 12.1 Å². The van der Waals surface area contributed by atoms with E-state index in [1.54, 1.807) is 19.2 Å². The van der Waals surface area contributed by atoms with Crippen LogP contribution in [0.2, 0.25) is 0 Å². The number of phenolic OH excluding ortho intramolecular Hbond substituents is 1. The first kappa shape index (κ1) is 16.4. The minimum atomic E-state index is 0.117. The second-order valence-corrected chi connectivity index (χ2v) is 6.14. The predicted molar refractivity (Wildman–Crippen MR) is 92.1 cm³/mol. The van der Waals surface area contributed by atoms with Crippen molar-refractivity contribution in [3.8, 4) is 23.0 Å². The molecule has 0 saturated carbocycles. The lowest BCUT2D eigenvalue weighted by molar-refractivity contribution is -0.119. The summed E-state index contributed by atoms with van der Waals surface area (Å²) in [6, 6.07) is 11.1. The van der Waals surface area contributed by atoms with Gasteiger partial charge in [0.15, 0.2) is 23.0 Å². The van der Waals surface area contributed by atoms with E-state index in [2.05, 4.69) is 0 Å². The summed E-state index contributed by atoms with van der Waals surface area (Å²) in [6.45, 7) is 0. The van der Waals surface area contributed by atoms with E-state index in [1.807, 2.05) is 24.3 Å². The van der Waals surface area contributed by atoms with Crippen molar-refractivity contribution in [2.24, 2.45) is 0 Å². The molecule has 0 unspecified atom stereocenters. The molecule has 0 aromatic heterocycles. The number of ketones is 1. The molecule has 0 aliphatic carbocycles. The van der Waals surface area contributed by atoms with Crippen molar-refractivity contribution in [2.75, 3.05) is 7.11 Å². The van der Waals surface area contributed by atoms with Crippen LogP contribution in [-0.2, 0) is 17.6 Å². The van der Waals surface area contributed by atoms with Gasteiger partial charge >= 0.3 is 0 Å². The number of carbonyl (C=O) groups excluding carboxylic acids is 1. The van der Waals surface area contributed by atoms with E-state index in [0.717, 1.165) is 30.4 Å². The Bertz CT molecular complexity index is 736. The van der Waals surface area contributed by atoms with Crippen LogP contribution in [0.4, 0.5) is 0 Å². The van der Waals surface area contributed by atoms with Gasteiger partial charge in [0.05, 0.1) is 7.11 Å². The Morgan fingerprint density at radius 1 is 0.917 bits per heavy atom. The van der Waals surface area contributed by atoms with Gasteiger partial charge in [-0.3, -0.25) is 4.79 Å². The molecule has 0 atom stereocenters. The molecular formula is C20H22O4. The lowest BCUT2D eigenvalue weighted by Crippen LogP contribution is -2.01. The smallest absolute Gasteiger partial charge is 0.169 e. The third kappa shape index (κ3) is 3.88. The van der Waals surface area contributed by atoms with Crippen molar-refractivity contribution in [2.45, 2.75) is 38.5 Å². The van der Waals surface area contributed by atoms with Gasteiger partial charge in [-0.05, 0) is 61.1 Å². The fourth-order valence-corrected chi connectivity index (χ4v) is 2.94. The van der Waals surface area contributed by atoms with Crippen molar-refractivity contribution < 1.29 is 19.4 Å². The first-order chi connectivity index (χ1) is 11.7. The quantitative estimate of drug-likeness (QED) is 0.843. The topological polar surface area (TPSA) is 55.8 Å². The second kappa shape index (κ2) is 7.39. The Morgan fingerprint density at radius 3 is 2.46 bits per heavy atom. The second-order valence-electron chi connectivity index (χ2n) is 6.14. The lowest BCUT2D eigenvalue weighted by atomic mass is 10.0. The number of ether oxygens (including phenoxy) is 2. The standard InChI is InChI=1S/C20H22O4/c1-23-19-11-8-15-6-9-16(21)5-3-2-4-14-7-10-18(17(22)12-14)24-20(19)13-15/h7-8,10-13,22H,2-6,9H2,1H3. The number of carbonyl (C=O) groups is 1. The van der Waals surface area contributed by atoms with Gasteiger partial charge in [0.2, 0.25) is 0 Å². The van der Waals surface area contributed by atoms with Crippen LogP contribution in [-0.4, -0.2) is 18.0 Å². The van der Waals surface area contributed by atoms with Crippen LogP contribution in [0.15, 0.2) is 36.4 Å². The van der Waals surface area contributed by atoms with Crippen LogP contribution in [0.25, 0.3) is 0 Å². The number of Topliss-reactive ketones (excluding diaryl/α,β-unsaturated/α-hetero) is 1. The van der Waals surface area contributed by atoms with Crippen LogP contribution in [0.3, 0.4) is 0 Å². The van der Waals surface area contributed by atoms with E-state index < -0.39 is 0 Å². The van der Waals surface area contributed by atoms with Crippen LogP contribution >= 0.6 is 0 Å². The maximum Gasteiger partial charge on any atom is 0.169 e. The summed E-state index contributed by atoms with van der Waals surface area (Å²) in [5.74, 6) is 1.95. The van der Waals surface area contributed by atoms with Gasteiger partial charge in [-0.2, -0.15) is 0 Å². The average Bonchev–Trinajstić information content (AvgIpc) is 2.59. The molecule has 2 aliphatic heterocycles. The molecule has 4 rings (SSSR count). The average molecular weight is 326 g/mol. The van der Waals surface area contributed by atoms with E-state index in [0.29, 0.717) is 42.3 Å². The van der Waals surface area contributed by atoms with Crippen LogP contribution in [0.5, 0.6) is 23.0 Å². The summed E-state index contributed by atoms with van der Waals surface area (Å²) >= 11 is 0. The van der Waals surface area contributed by atoms with Gasteiger partial charge in [0.1, 0.15) is 5.78 Å². The van der Waals surface area contributed by atoms with E-state index in [1.165, 1.54) is 0 Å². The van der Waals surface area contributed by atoms with Crippen LogP contribution < -0.4 is 9.47 Å². The summed E-state index contributed by atoms with van der Waals surface area (Å²) in [6.07, 6.45) is 4.50. The van der Waals surface area contributed by atoms with E-state index in [9.17, 15) is 9.90 Å². The number of fused-ring (bicyclic) bond motifs is 8. The van der Waals surface area contributed by atoms with E-state index >= 15 is 0 Å². The minimum Gasteiger partial charge on any atom is -0.504 e. The monoisotopic (exact) mass is 326 g/mol. The number of phenols is 1. The number of methoxy groups -OCH3 is 1. The molecule has 0 radical (unpaired) electrons. The van der Waals surface area contributed by atoms with Crippen LogP contribution in [0, 0.1) is 0 Å². The molecule has 4 nitrogen and oxygen atoms in total. The molecule has 2 aromatic rings. The summed E-state index contributed by atoms with van der Waals surface area (Å²) in [5.41, 5.74) is 2.06.